The Morgan fingerprint density at radius 3 is 2.65 bits per heavy atom. The standard InChI is InChI=1S/C16H14N2O2/c1-10-6-7-12(9-11(10)2)14-13-5-3-4-8-18(13)15(17-14)16(19)20/h3-9H,1-2H3,(H,19,20). The molecular formula is C16H14N2O2. The van der Waals surface area contributed by atoms with Crippen molar-refractivity contribution in [2.45, 2.75) is 13.8 Å². The highest BCUT2D eigenvalue weighted by Crippen LogP contribution is 2.26. The molecule has 0 amide bonds. The minimum Gasteiger partial charge on any atom is -0.475 e. The van der Waals surface area contributed by atoms with Crippen LogP contribution in [0.2, 0.25) is 0 Å². The molecule has 100 valence electrons. The number of aromatic carboxylic acids is 1. The number of hydrogen-bond acceptors (Lipinski definition) is 2. The van der Waals surface area contributed by atoms with Gasteiger partial charge in [0.2, 0.25) is 5.82 Å². The van der Waals surface area contributed by atoms with E-state index in [1.54, 1.807) is 16.7 Å². The second kappa shape index (κ2) is 4.49. The Labute approximate surface area is 116 Å². The molecule has 0 saturated heterocycles. The molecule has 0 aliphatic heterocycles. The SMILES string of the molecule is Cc1ccc(-c2nc(C(=O)O)n3ccccc23)cc1C. The van der Waals surface area contributed by atoms with Gasteiger partial charge < -0.3 is 5.11 Å². The lowest BCUT2D eigenvalue weighted by Crippen LogP contribution is -2.02. The number of aryl methyl sites for hydroxylation is 2. The summed E-state index contributed by atoms with van der Waals surface area (Å²) >= 11 is 0. The van der Waals surface area contributed by atoms with Crippen molar-refractivity contribution in [3.63, 3.8) is 0 Å². The molecule has 1 aromatic carbocycles. The van der Waals surface area contributed by atoms with Gasteiger partial charge in [-0.3, -0.25) is 4.40 Å². The molecular weight excluding hydrogens is 252 g/mol. The molecule has 2 aromatic heterocycles. The smallest absolute Gasteiger partial charge is 0.372 e. The summed E-state index contributed by atoms with van der Waals surface area (Å²) in [7, 11) is 0. The van der Waals surface area contributed by atoms with Crippen LogP contribution in [-0.2, 0) is 0 Å². The monoisotopic (exact) mass is 266 g/mol. The zero-order chi connectivity index (χ0) is 14.3. The Kier molecular flexibility index (Phi) is 2.79. The van der Waals surface area contributed by atoms with Crippen molar-refractivity contribution in [2.75, 3.05) is 0 Å². The summed E-state index contributed by atoms with van der Waals surface area (Å²) in [5.74, 6) is -0.991. The van der Waals surface area contributed by atoms with Crippen LogP contribution in [0.3, 0.4) is 0 Å². The van der Waals surface area contributed by atoms with Gasteiger partial charge in [0.05, 0.1) is 11.2 Å². The fraction of sp³-hybridized carbons (Fsp3) is 0.125. The summed E-state index contributed by atoms with van der Waals surface area (Å²) in [4.78, 5) is 15.6. The summed E-state index contributed by atoms with van der Waals surface area (Å²) in [6, 6.07) is 11.6. The van der Waals surface area contributed by atoms with E-state index < -0.39 is 5.97 Å². The first-order chi connectivity index (χ1) is 9.58. The number of carboxylic acids is 1. The van der Waals surface area contributed by atoms with Crippen LogP contribution in [-0.4, -0.2) is 20.5 Å². The Morgan fingerprint density at radius 1 is 1.15 bits per heavy atom. The molecule has 0 fully saturated rings. The summed E-state index contributed by atoms with van der Waals surface area (Å²) in [6.07, 6.45) is 1.72. The molecule has 0 spiro atoms. The van der Waals surface area contributed by atoms with Crippen molar-refractivity contribution < 1.29 is 9.90 Å². The molecule has 4 heteroatoms. The van der Waals surface area contributed by atoms with Crippen LogP contribution < -0.4 is 0 Å². The van der Waals surface area contributed by atoms with Gasteiger partial charge in [-0.1, -0.05) is 18.2 Å². The molecule has 0 aliphatic carbocycles. The topological polar surface area (TPSA) is 54.6 Å². The number of rotatable bonds is 2. The van der Waals surface area contributed by atoms with Crippen LogP contribution in [0.25, 0.3) is 16.8 Å². The highest BCUT2D eigenvalue weighted by atomic mass is 16.4. The van der Waals surface area contributed by atoms with Gasteiger partial charge in [-0.2, -0.15) is 0 Å². The number of fused-ring (bicyclic) bond motifs is 1. The summed E-state index contributed by atoms with van der Waals surface area (Å²) in [5, 5.41) is 9.26. The third-order valence-electron chi connectivity index (χ3n) is 3.52. The van der Waals surface area contributed by atoms with Gasteiger partial charge in [0.25, 0.3) is 0 Å². The second-order valence-electron chi connectivity index (χ2n) is 4.84. The molecule has 0 saturated carbocycles. The maximum Gasteiger partial charge on any atom is 0.372 e. The van der Waals surface area contributed by atoms with E-state index >= 15 is 0 Å². The lowest BCUT2D eigenvalue weighted by molar-refractivity contribution is 0.0683. The lowest BCUT2D eigenvalue weighted by atomic mass is 10.0. The molecule has 2 heterocycles. The molecule has 0 unspecified atom stereocenters. The quantitative estimate of drug-likeness (QED) is 0.774. The van der Waals surface area contributed by atoms with Crippen LogP contribution >= 0.6 is 0 Å². The number of nitrogens with zero attached hydrogens (tertiary/aromatic N) is 2. The molecule has 1 N–H and O–H groups in total. The number of aromatic nitrogens is 2. The number of hydrogen-bond donors (Lipinski definition) is 1. The van der Waals surface area contributed by atoms with Crippen molar-refractivity contribution in [3.05, 3.63) is 59.5 Å². The average Bonchev–Trinajstić information content (AvgIpc) is 2.82. The van der Waals surface area contributed by atoms with E-state index in [1.165, 1.54) is 5.56 Å². The van der Waals surface area contributed by atoms with Crippen molar-refractivity contribution in [1.82, 2.24) is 9.38 Å². The highest BCUT2D eigenvalue weighted by Gasteiger charge is 2.17. The van der Waals surface area contributed by atoms with Crippen LogP contribution in [0.1, 0.15) is 21.7 Å². The van der Waals surface area contributed by atoms with Crippen molar-refractivity contribution in [3.8, 4) is 11.3 Å². The fourth-order valence-electron chi connectivity index (χ4n) is 2.29. The van der Waals surface area contributed by atoms with Crippen LogP contribution in [0, 0.1) is 13.8 Å². The van der Waals surface area contributed by atoms with E-state index in [1.807, 2.05) is 44.2 Å². The van der Waals surface area contributed by atoms with E-state index in [2.05, 4.69) is 4.98 Å². The fourth-order valence-corrected chi connectivity index (χ4v) is 2.29. The number of imidazole rings is 1. The lowest BCUT2D eigenvalue weighted by Gasteiger charge is -2.03. The first kappa shape index (κ1) is 12.4. The van der Waals surface area contributed by atoms with Gasteiger partial charge in [-0.25, -0.2) is 9.78 Å². The average molecular weight is 266 g/mol. The number of carboxylic acid groups (broad SMARTS) is 1. The van der Waals surface area contributed by atoms with Crippen molar-refractivity contribution in [1.29, 1.82) is 0 Å². The Balaban J connectivity index is 2.31. The molecule has 3 aromatic rings. The number of pyridine rings is 1. The normalized spacial score (nSPS) is 10.9. The molecule has 3 rings (SSSR count). The molecule has 4 nitrogen and oxygen atoms in total. The third-order valence-corrected chi connectivity index (χ3v) is 3.52. The first-order valence-corrected chi connectivity index (χ1v) is 6.36. The Hall–Kier alpha value is -2.62. The van der Waals surface area contributed by atoms with E-state index in [4.69, 9.17) is 0 Å². The van der Waals surface area contributed by atoms with E-state index in [-0.39, 0.29) is 5.82 Å². The largest absolute Gasteiger partial charge is 0.475 e. The van der Waals surface area contributed by atoms with Gasteiger partial charge in [0.15, 0.2) is 0 Å². The van der Waals surface area contributed by atoms with Crippen LogP contribution in [0.15, 0.2) is 42.6 Å². The zero-order valence-corrected chi connectivity index (χ0v) is 11.3. The van der Waals surface area contributed by atoms with Gasteiger partial charge >= 0.3 is 5.97 Å². The van der Waals surface area contributed by atoms with Gasteiger partial charge in [-0.05, 0) is 43.2 Å². The maximum atomic E-state index is 11.3. The van der Waals surface area contributed by atoms with E-state index in [0.717, 1.165) is 16.6 Å². The minimum atomic E-state index is -1.03. The summed E-state index contributed by atoms with van der Waals surface area (Å²) in [6.45, 7) is 4.09. The first-order valence-electron chi connectivity index (χ1n) is 6.36. The Morgan fingerprint density at radius 2 is 1.95 bits per heavy atom. The second-order valence-corrected chi connectivity index (χ2v) is 4.84. The summed E-state index contributed by atoms with van der Waals surface area (Å²) in [5.41, 5.74) is 4.80. The molecule has 0 radical (unpaired) electrons. The highest BCUT2D eigenvalue weighted by molar-refractivity contribution is 5.89. The van der Waals surface area contributed by atoms with Gasteiger partial charge in [0, 0.05) is 11.8 Å². The molecule has 0 bridgehead atoms. The predicted octanol–water partition coefficient (Wildman–Crippen LogP) is 3.32. The van der Waals surface area contributed by atoms with Gasteiger partial charge in [-0.15, -0.1) is 0 Å². The molecule has 20 heavy (non-hydrogen) atoms. The number of benzene rings is 1. The van der Waals surface area contributed by atoms with Gasteiger partial charge in [0.1, 0.15) is 0 Å². The Bertz CT molecular complexity index is 818. The third kappa shape index (κ3) is 1.86. The predicted molar refractivity (Wildman–Crippen MR) is 77.1 cm³/mol. The minimum absolute atomic E-state index is 0.0360. The summed E-state index contributed by atoms with van der Waals surface area (Å²) < 4.78 is 1.60. The van der Waals surface area contributed by atoms with E-state index in [0.29, 0.717) is 5.69 Å². The zero-order valence-electron chi connectivity index (χ0n) is 11.3. The van der Waals surface area contributed by atoms with Crippen molar-refractivity contribution in [2.24, 2.45) is 0 Å². The van der Waals surface area contributed by atoms with Crippen molar-refractivity contribution >= 4 is 11.5 Å². The van der Waals surface area contributed by atoms with E-state index in [9.17, 15) is 9.90 Å². The van der Waals surface area contributed by atoms with Crippen LogP contribution in [0.5, 0.6) is 0 Å². The maximum absolute atomic E-state index is 11.3. The van der Waals surface area contributed by atoms with Crippen LogP contribution in [0.4, 0.5) is 0 Å². The molecule has 0 aliphatic rings. The number of carbonyl (C=O) groups is 1. The molecule has 0 atom stereocenters.